The van der Waals surface area contributed by atoms with Gasteiger partial charge in [-0.25, -0.2) is 4.39 Å². The highest BCUT2D eigenvalue weighted by Crippen LogP contribution is 2.48. The number of pyridine rings is 1. The van der Waals surface area contributed by atoms with Crippen molar-refractivity contribution < 1.29 is 23.9 Å². The van der Waals surface area contributed by atoms with Crippen molar-refractivity contribution in [1.82, 2.24) is 9.47 Å². The summed E-state index contributed by atoms with van der Waals surface area (Å²) in [6.07, 6.45) is 1.81. The van der Waals surface area contributed by atoms with Gasteiger partial charge in [0.25, 0.3) is 11.8 Å². The Hall–Kier alpha value is -2.91. The zero-order valence-electron chi connectivity index (χ0n) is 14.9. The van der Waals surface area contributed by atoms with E-state index in [0.717, 1.165) is 11.1 Å². The quantitative estimate of drug-likeness (QED) is 0.694. The summed E-state index contributed by atoms with van der Waals surface area (Å²) in [5.74, 6) is -4.77. The lowest BCUT2D eigenvalue weighted by atomic mass is 9.84. The van der Waals surface area contributed by atoms with Gasteiger partial charge in [0.15, 0.2) is 22.8 Å². The van der Waals surface area contributed by atoms with E-state index in [4.69, 9.17) is 10.6 Å². The van der Waals surface area contributed by atoms with Crippen LogP contribution in [0.3, 0.4) is 0 Å². The van der Waals surface area contributed by atoms with Crippen LogP contribution in [0.4, 0.5) is 4.39 Å². The van der Waals surface area contributed by atoms with E-state index in [0.29, 0.717) is 12.1 Å². The number of nitrogens with two attached hydrogens (primary N) is 1. The van der Waals surface area contributed by atoms with Crippen LogP contribution in [0.1, 0.15) is 60.0 Å². The molecular weight excluding hydrogens is 359 g/mol. The van der Waals surface area contributed by atoms with Crippen molar-refractivity contribution in [2.75, 3.05) is 6.54 Å². The summed E-state index contributed by atoms with van der Waals surface area (Å²) in [5.41, 5.74) is 3.12. The van der Waals surface area contributed by atoms with Crippen LogP contribution in [0.25, 0.3) is 0 Å². The molecule has 3 atom stereocenters. The van der Waals surface area contributed by atoms with Crippen molar-refractivity contribution in [2.24, 2.45) is 10.9 Å². The zero-order valence-corrected chi connectivity index (χ0v) is 14.9. The maximum Gasteiger partial charge on any atom is 0.277 e. The second kappa shape index (κ2) is 5.30. The molecule has 2 bridgehead atoms. The first-order valence-electron chi connectivity index (χ1n) is 8.58. The molecule has 0 saturated carbocycles. The van der Waals surface area contributed by atoms with Crippen LogP contribution in [0.5, 0.6) is 5.75 Å². The SMILES string of the molecule is CC1=NOC2(CCC(C)(F)N3CC2n2cc(C(N)=O)c(=O)c(O)c2C3=O)C1. The van der Waals surface area contributed by atoms with Gasteiger partial charge in [0, 0.05) is 25.6 Å². The molecule has 1 aromatic heterocycles. The van der Waals surface area contributed by atoms with E-state index < -0.39 is 46.0 Å². The topological polar surface area (TPSA) is 127 Å². The molecule has 1 spiro atoms. The number of hydrogen-bond donors (Lipinski definition) is 2. The fourth-order valence-corrected chi connectivity index (χ4v) is 4.27. The predicted octanol–water partition coefficient (Wildman–Crippen LogP) is 0.664. The average Bonchev–Trinajstić information content (AvgIpc) is 2.93. The lowest BCUT2D eigenvalue weighted by Crippen LogP contribution is -2.55. The van der Waals surface area contributed by atoms with E-state index in [2.05, 4.69) is 5.16 Å². The highest BCUT2D eigenvalue weighted by atomic mass is 19.1. The minimum Gasteiger partial charge on any atom is -0.503 e. The third kappa shape index (κ3) is 2.28. The second-order valence-corrected chi connectivity index (χ2v) is 7.57. The van der Waals surface area contributed by atoms with Gasteiger partial charge in [-0.1, -0.05) is 5.16 Å². The fourth-order valence-electron chi connectivity index (χ4n) is 4.27. The molecule has 4 rings (SSSR count). The number of oxime groups is 1. The third-order valence-electron chi connectivity index (χ3n) is 5.73. The molecule has 10 heteroatoms. The molecule has 27 heavy (non-hydrogen) atoms. The highest BCUT2D eigenvalue weighted by molar-refractivity contribution is 5.99. The molecule has 0 radical (unpaired) electrons. The molecule has 3 aliphatic rings. The average molecular weight is 378 g/mol. The van der Waals surface area contributed by atoms with E-state index in [1.165, 1.54) is 11.5 Å². The number of rotatable bonds is 1. The van der Waals surface area contributed by atoms with Crippen molar-refractivity contribution >= 4 is 17.5 Å². The summed E-state index contributed by atoms with van der Waals surface area (Å²) in [6, 6.07) is -0.659. The molecule has 9 nitrogen and oxygen atoms in total. The standard InChI is InChI=1S/C17H19FN4O5/c1-8-5-17(27-20-8)4-3-16(2,18)22-7-10(17)21-6-9(14(19)25)12(23)13(24)11(21)15(22)26/h6,10,24H,3-5,7H2,1-2H3,(H2,19,25). The molecule has 3 unspecified atom stereocenters. The number of aromatic hydroxyl groups is 1. The summed E-state index contributed by atoms with van der Waals surface area (Å²) < 4.78 is 16.6. The van der Waals surface area contributed by atoms with Gasteiger partial charge in [-0.3, -0.25) is 14.4 Å². The van der Waals surface area contributed by atoms with E-state index in [9.17, 15) is 19.5 Å². The number of aromatic nitrogens is 1. The van der Waals surface area contributed by atoms with Crippen LogP contribution in [-0.2, 0) is 4.84 Å². The molecule has 3 aliphatic heterocycles. The molecule has 4 heterocycles. The summed E-state index contributed by atoms with van der Waals surface area (Å²) in [4.78, 5) is 43.5. The number of nitrogens with zero attached hydrogens (tertiary/aromatic N) is 3. The molecule has 2 amide bonds. The Morgan fingerprint density at radius 1 is 1.44 bits per heavy atom. The van der Waals surface area contributed by atoms with E-state index in [1.807, 2.05) is 0 Å². The maximum atomic E-state index is 15.3. The Bertz CT molecular complexity index is 969. The lowest BCUT2D eigenvalue weighted by molar-refractivity contribution is -0.0659. The van der Waals surface area contributed by atoms with Crippen LogP contribution < -0.4 is 11.2 Å². The Morgan fingerprint density at radius 2 is 2.15 bits per heavy atom. The minimum atomic E-state index is -1.99. The van der Waals surface area contributed by atoms with Gasteiger partial charge in [-0.05, 0) is 20.3 Å². The van der Waals surface area contributed by atoms with Crippen molar-refractivity contribution in [2.45, 2.75) is 50.5 Å². The van der Waals surface area contributed by atoms with Crippen molar-refractivity contribution in [1.29, 1.82) is 0 Å². The van der Waals surface area contributed by atoms with Crippen molar-refractivity contribution in [3.8, 4) is 5.75 Å². The Balaban J connectivity index is 2.00. The van der Waals surface area contributed by atoms with Crippen LogP contribution in [0, 0.1) is 0 Å². The smallest absolute Gasteiger partial charge is 0.277 e. The van der Waals surface area contributed by atoms with Gasteiger partial charge >= 0.3 is 0 Å². The first-order valence-corrected chi connectivity index (χ1v) is 8.58. The number of amides is 2. The van der Waals surface area contributed by atoms with Crippen molar-refractivity contribution in [3.05, 3.63) is 27.7 Å². The number of primary amides is 1. The number of hydrogen-bond acceptors (Lipinski definition) is 6. The van der Waals surface area contributed by atoms with Crippen LogP contribution >= 0.6 is 0 Å². The second-order valence-electron chi connectivity index (χ2n) is 7.57. The maximum absolute atomic E-state index is 15.3. The largest absolute Gasteiger partial charge is 0.503 e. The number of carbonyl (C=O) groups excluding carboxylic acids is 2. The number of carbonyl (C=O) groups is 2. The number of alkyl halides is 1. The summed E-state index contributed by atoms with van der Waals surface area (Å²) in [6.45, 7) is 3.01. The van der Waals surface area contributed by atoms with Gasteiger partial charge in [0.05, 0.1) is 11.8 Å². The molecule has 0 aromatic carbocycles. The van der Waals surface area contributed by atoms with Gasteiger partial charge < -0.3 is 25.1 Å². The van der Waals surface area contributed by atoms with E-state index >= 15 is 4.39 Å². The van der Waals surface area contributed by atoms with Gasteiger partial charge in [-0.15, -0.1) is 0 Å². The van der Waals surface area contributed by atoms with Crippen LogP contribution in [0.2, 0.25) is 0 Å². The molecule has 1 saturated heterocycles. The summed E-state index contributed by atoms with van der Waals surface area (Å²) in [7, 11) is 0. The number of halogens is 1. The molecule has 1 aromatic rings. The zero-order chi connectivity index (χ0) is 19.7. The first kappa shape index (κ1) is 17.5. The van der Waals surface area contributed by atoms with Gasteiger partial charge in [-0.2, -0.15) is 0 Å². The molecule has 0 aliphatic carbocycles. The first-order chi connectivity index (χ1) is 12.6. The third-order valence-corrected chi connectivity index (χ3v) is 5.73. The molecule has 3 N–H and O–H groups in total. The van der Waals surface area contributed by atoms with Crippen molar-refractivity contribution in [3.63, 3.8) is 0 Å². The minimum absolute atomic E-state index is 0.000257. The molecular formula is C17H19FN4O5. The fraction of sp³-hybridized carbons (Fsp3) is 0.529. The Labute approximate surface area is 153 Å². The van der Waals surface area contributed by atoms with E-state index in [1.54, 1.807) is 6.92 Å². The lowest BCUT2D eigenvalue weighted by Gasteiger charge is -2.42. The summed E-state index contributed by atoms with van der Waals surface area (Å²) >= 11 is 0. The summed E-state index contributed by atoms with van der Waals surface area (Å²) in [5, 5.41) is 14.4. The van der Waals surface area contributed by atoms with E-state index in [-0.39, 0.29) is 25.1 Å². The number of fused-ring (bicyclic) bond motifs is 5. The van der Waals surface area contributed by atoms with Gasteiger partial charge in [0.1, 0.15) is 5.56 Å². The molecule has 144 valence electrons. The normalized spacial score (nSPS) is 32.0. The van der Waals surface area contributed by atoms with Gasteiger partial charge in [0.2, 0.25) is 5.43 Å². The predicted molar refractivity (Wildman–Crippen MR) is 91.2 cm³/mol. The monoisotopic (exact) mass is 378 g/mol. The van der Waals surface area contributed by atoms with Crippen LogP contribution in [0.15, 0.2) is 16.1 Å². The molecule has 1 fully saturated rings. The highest BCUT2D eigenvalue weighted by Gasteiger charge is 2.57. The Kier molecular flexibility index (Phi) is 3.44. The Morgan fingerprint density at radius 3 is 2.74 bits per heavy atom. The van der Waals surface area contributed by atoms with Crippen LogP contribution in [-0.4, -0.2) is 50.0 Å².